The number of methoxy groups -OCH3 is 1. The molecule has 150 valence electrons. The summed E-state index contributed by atoms with van der Waals surface area (Å²) < 4.78 is 4.76. The molecule has 1 aromatic heterocycles. The molecule has 0 aliphatic carbocycles. The molecule has 1 atom stereocenters. The molecular weight excluding hydrogens is 380 g/mol. The Bertz CT molecular complexity index is 900. The van der Waals surface area contributed by atoms with Crippen LogP contribution in [0.4, 0.5) is 0 Å². The number of carbonyl (C=O) groups excluding carboxylic acids is 3. The summed E-state index contributed by atoms with van der Waals surface area (Å²) in [5.41, 5.74) is 2.19. The number of aromatic amines is 1. The number of hydrogen-bond acceptors (Lipinski definition) is 4. The average molecular weight is 405 g/mol. The van der Waals surface area contributed by atoms with Crippen molar-refractivity contribution in [2.45, 2.75) is 46.7 Å². The van der Waals surface area contributed by atoms with Crippen LogP contribution in [0.5, 0.6) is 0 Å². The van der Waals surface area contributed by atoms with Gasteiger partial charge in [-0.1, -0.05) is 11.6 Å². The van der Waals surface area contributed by atoms with Crippen LogP contribution in [0.25, 0.3) is 0 Å². The van der Waals surface area contributed by atoms with Crippen LogP contribution >= 0.6 is 11.6 Å². The highest BCUT2D eigenvalue weighted by Gasteiger charge is 2.33. The van der Waals surface area contributed by atoms with Crippen LogP contribution in [-0.2, 0) is 4.74 Å². The molecule has 0 saturated carbocycles. The highest BCUT2D eigenvalue weighted by Crippen LogP contribution is 2.24. The quantitative estimate of drug-likeness (QED) is 0.578. The zero-order valence-corrected chi connectivity index (χ0v) is 17.7. The van der Waals surface area contributed by atoms with E-state index in [9.17, 15) is 14.4 Å². The molecule has 2 rings (SSSR count). The summed E-state index contributed by atoms with van der Waals surface area (Å²) in [6.07, 6.45) is 0. The van der Waals surface area contributed by atoms with Crippen LogP contribution in [0, 0.1) is 13.8 Å². The van der Waals surface area contributed by atoms with E-state index in [1.165, 1.54) is 12.0 Å². The Balaban J connectivity index is 2.41. The lowest BCUT2D eigenvalue weighted by atomic mass is 9.98. The van der Waals surface area contributed by atoms with E-state index in [0.717, 1.165) is 0 Å². The number of ketones is 1. The SMILES string of the molecule is COC(=O)c1[nH]c(C)c(C(=O)[C@H](C)N(C(=O)c2ccc(Cl)cc2)C(C)C)c1C. The molecule has 1 amide bonds. The smallest absolute Gasteiger partial charge is 0.354 e. The highest BCUT2D eigenvalue weighted by atomic mass is 35.5. The van der Waals surface area contributed by atoms with Crippen molar-refractivity contribution in [3.05, 3.63) is 57.4 Å². The minimum absolute atomic E-state index is 0.207. The first-order chi connectivity index (χ1) is 13.1. The molecule has 0 aliphatic heterocycles. The van der Waals surface area contributed by atoms with Crippen molar-refractivity contribution in [3.63, 3.8) is 0 Å². The molecular formula is C21H25ClN2O4. The van der Waals surface area contributed by atoms with Gasteiger partial charge in [-0.15, -0.1) is 0 Å². The molecule has 2 aromatic rings. The largest absolute Gasteiger partial charge is 0.464 e. The fraction of sp³-hybridized carbons (Fsp3) is 0.381. The van der Waals surface area contributed by atoms with Crippen molar-refractivity contribution >= 4 is 29.3 Å². The van der Waals surface area contributed by atoms with Gasteiger partial charge >= 0.3 is 5.97 Å². The summed E-state index contributed by atoms with van der Waals surface area (Å²) in [5, 5.41) is 0.533. The molecule has 6 nitrogen and oxygen atoms in total. The second-order valence-electron chi connectivity index (χ2n) is 6.97. The minimum Gasteiger partial charge on any atom is -0.464 e. The molecule has 0 fully saturated rings. The van der Waals surface area contributed by atoms with Crippen LogP contribution < -0.4 is 0 Å². The second-order valence-corrected chi connectivity index (χ2v) is 7.41. The van der Waals surface area contributed by atoms with E-state index in [1.807, 2.05) is 13.8 Å². The van der Waals surface area contributed by atoms with E-state index in [-0.39, 0.29) is 23.4 Å². The number of Topliss-reactive ketones (excluding diaryl/α,β-unsaturated/α-hetero) is 1. The Morgan fingerprint density at radius 2 is 1.64 bits per heavy atom. The summed E-state index contributed by atoms with van der Waals surface area (Å²) in [4.78, 5) is 42.7. The first-order valence-electron chi connectivity index (χ1n) is 9.00. The van der Waals surface area contributed by atoms with Gasteiger partial charge in [-0.05, 0) is 64.4 Å². The first-order valence-corrected chi connectivity index (χ1v) is 9.37. The number of rotatable bonds is 6. The molecule has 0 aliphatic rings. The lowest BCUT2D eigenvalue weighted by molar-refractivity contribution is 0.0565. The number of H-pyrrole nitrogens is 1. The number of nitrogens with zero attached hydrogens (tertiary/aromatic N) is 1. The lowest BCUT2D eigenvalue weighted by Crippen LogP contribution is -2.47. The third kappa shape index (κ3) is 4.12. The summed E-state index contributed by atoms with van der Waals surface area (Å²) in [5.74, 6) is -1.03. The standard InChI is InChI=1S/C21H25ClN2O4/c1-11(2)24(20(26)15-7-9-16(22)10-8-15)14(5)19(25)17-12(3)18(21(27)28-6)23-13(17)4/h7-11,14,23H,1-6H3/t14-/m0/s1. The van der Waals surface area contributed by atoms with E-state index >= 15 is 0 Å². The van der Waals surface area contributed by atoms with Crippen LogP contribution in [0.2, 0.25) is 5.02 Å². The Hall–Kier alpha value is -2.60. The molecule has 0 unspecified atom stereocenters. The lowest BCUT2D eigenvalue weighted by Gasteiger charge is -2.32. The van der Waals surface area contributed by atoms with E-state index in [2.05, 4.69) is 4.98 Å². The van der Waals surface area contributed by atoms with Crippen LogP contribution in [0.15, 0.2) is 24.3 Å². The normalized spacial score (nSPS) is 12.0. The molecule has 0 bridgehead atoms. The highest BCUT2D eigenvalue weighted by molar-refractivity contribution is 6.30. The third-order valence-corrected chi connectivity index (χ3v) is 5.00. The predicted octanol–water partition coefficient (Wildman–Crippen LogP) is 4.19. The third-order valence-electron chi connectivity index (χ3n) is 4.75. The number of aryl methyl sites for hydroxylation is 1. The molecule has 28 heavy (non-hydrogen) atoms. The van der Waals surface area contributed by atoms with Gasteiger partial charge in [0, 0.05) is 27.9 Å². The number of esters is 1. The number of carbonyl (C=O) groups is 3. The summed E-state index contributed by atoms with van der Waals surface area (Å²) >= 11 is 5.91. The zero-order chi connectivity index (χ0) is 21.2. The number of ether oxygens (including phenoxy) is 1. The first kappa shape index (κ1) is 21.7. The van der Waals surface area contributed by atoms with Crippen molar-refractivity contribution in [1.82, 2.24) is 9.88 Å². The minimum atomic E-state index is -0.720. The van der Waals surface area contributed by atoms with Gasteiger partial charge in [-0.2, -0.15) is 0 Å². The van der Waals surface area contributed by atoms with Crippen LogP contribution in [0.3, 0.4) is 0 Å². The second kappa shape index (κ2) is 8.61. The van der Waals surface area contributed by atoms with Gasteiger partial charge < -0.3 is 14.6 Å². The maximum absolute atomic E-state index is 13.3. The summed E-state index contributed by atoms with van der Waals surface area (Å²) in [6, 6.07) is 5.63. The van der Waals surface area contributed by atoms with Gasteiger partial charge in [-0.25, -0.2) is 4.79 Å². The number of halogens is 1. The van der Waals surface area contributed by atoms with E-state index in [4.69, 9.17) is 16.3 Å². The average Bonchev–Trinajstić information content (AvgIpc) is 2.94. The Labute approximate surface area is 169 Å². The molecule has 1 N–H and O–H groups in total. The molecule has 0 spiro atoms. The summed E-state index contributed by atoms with van der Waals surface area (Å²) in [7, 11) is 1.29. The summed E-state index contributed by atoms with van der Waals surface area (Å²) in [6.45, 7) is 8.82. The maximum atomic E-state index is 13.3. The molecule has 0 radical (unpaired) electrons. The number of nitrogens with one attached hydrogen (secondary N) is 1. The monoisotopic (exact) mass is 404 g/mol. The van der Waals surface area contributed by atoms with Crippen molar-refractivity contribution < 1.29 is 19.1 Å². The molecule has 1 heterocycles. The number of aromatic nitrogens is 1. The van der Waals surface area contributed by atoms with Gasteiger partial charge in [0.15, 0.2) is 5.78 Å². The fourth-order valence-corrected chi connectivity index (χ4v) is 3.49. The van der Waals surface area contributed by atoms with Crippen molar-refractivity contribution in [2.24, 2.45) is 0 Å². The van der Waals surface area contributed by atoms with Crippen molar-refractivity contribution in [2.75, 3.05) is 7.11 Å². The van der Waals surface area contributed by atoms with Crippen molar-refractivity contribution in [1.29, 1.82) is 0 Å². The molecule has 0 saturated heterocycles. The van der Waals surface area contributed by atoms with Gasteiger partial charge in [0.25, 0.3) is 5.91 Å². The Morgan fingerprint density at radius 3 is 2.14 bits per heavy atom. The topological polar surface area (TPSA) is 79.5 Å². The zero-order valence-electron chi connectivity index (χ0n) is 16.9. The van der Waals surface area contributed by atoms with E-state index in [1.54, 1.807) is 45.0 Å². The predicted molar refractivity (Wildman–Crippen MR) is 108 cm³/mol. The van der Waals surface area contributed by atoms with Crippen molar-refractivity contribution in [3.8, 4) is 0 Å². The Kier molecular flexibility index (Phi) is 6.67. The number of benzene rings is 1. The maximum Gasteiger partial charge on any atom is 0.354 e. The van der Waals surface area contributed by atoms with Gasteiger partial charge in [-0.3, -0.25) is 9.59 Å². The van der Waals surface area contributed by atoms with Gasteiger partial charge in [0.2, 0.25) is 0 Å². The van der Waals surface area contributed by atoms with Gasteiger partial charge in [0.05, 0.1) is 13.2 Å². The Morgan fingerprint density at radius 1 is 1.07 bits per heavy atom. The number of amides is 1. The molecule has 1 aromatic carbocycles. The van der Waals surface area contributed by atoms with Gasteiger partial charge in [0.1, 0.15) is 5.69 Å². The molecule has 7 heteroatoms. The van der Waals surface area contributed by atoms with Crippen LogP contribution in [-0.4, -0.2) is 46.7 Å². The fourth-order valence-electron chi connectivity index (χ4n) is 3.36. The van der Waals surface area contributed by atoms with Crippen LogP contribution in [0.1, 0.15) is 63.2 Å². The van der Waals surface area contributed by atoms with E-state index < -0.39 is 12.0 Å². The number of hydrogen-bond donors (Lipinski definition) is 1. The van der Waals surface area contributed by atoms with E-state index in [0.29, 0.717) is 27.4 Å².